The molecule has 27 heavy (non-hydrogen) atoms. The minimum Gasteiger partial charge on any atom is -0.392 e. The summed E-state index contributed by atoms with van der Waals surface area (Å²) in [6, 6.07) is 8.09. The fraction of sp³-hybridized carbons (Fsp3) is 0.381. The van der Waals surface area contributed by atoms with Gasteiger partial charge in [-0.1, -0.05) is 12.1 Å². The zero-order valence-electron chi connectivity index (χ0n) is 15.7. The van der Waals surface area contributed by atoms with Gasteiger partial charge in [0.15, 0.2) is 5.78 Å². The van der Waals surface area contributed by atoms with Gasteiger partial charge in [0.1, 0.15) is 5.69 Å². The molecule has 0 amide bonds. The van der Waals surface area contributed by atoms with E-state index in [1.807, 2.05) is 25.5 Å². The molecule has 0 unspecified atom stereocenters. The fourth-order valence-corrected chi connectivity index (χ4v) is 3.78. The second-order valence-electron chi connectivity index (χ2n) is 7.40. The van der Waals surface area contributed by atoms with E-state index < -0.39 is 0 Å². The van der Waals surface area contributed by atoms with E-state index in [0.717, 1.165) is 53.5 Å². The summed E-state index contributed by atoms with van der Waals surface area (Å²) in [5, 5.41) is 15.2. The fourth-order valence-electron chi connectivity index (χ4n) is 3.78. The summed E-state index contributed by atoms with van der Waals surface area (Å²) in [5.74, 6) is -0.0494. The zero-order valence-corrected chi connectivity index (χ0v) is 15.7. The molecule has 0 saturated carbocycles. The topological polar surface area (TPSA) is 71.2 Å². The van der Waals surface area contributed by atoms with Crippen LogP contribution in [0.25, 0.3) is 22.0 Å². The number of aliphatic hydroxyl groups excluding tert-OH is 1. The lowest BCUT2D eigenvalue weighted by molar-refractivity contribution is 0.0668. The van der Waals surface area contributed by atoms with Crippen LogP contribution in [-0.2, 0) is 13.6 Å². The van der Waals surface area contributed by atoms with Gasteiger partial charge in [-0.15, -0.1) is 0 Å². The molecule has 1 aromatic carbocycles. The quantitative estimate of drug-likeness (QED) is 0.721. The summed E-state index contributed by atoms with van der Waals surface area (Å²) in [6.07, 6.45) is 5.42. The SMILES string of the molecule is CC(=O)c1cc(-c2cnn(C)c2)c2ccc(CN3CCC[C@H](O)C3)cc2n1. The number of carbonyl (C=O) groups excluding carboxylic acids is 1. The standard InChI is InChI=1S/C21H24N4O2/c1-14(26)20-9-19(16-10-22-24(2)12-16)18-6-5-15(8-21(18)23-20)11-25-7-3-4-17(27)13-25/h5-6,8-10,12,17,27H,3-4,7,11,13H2,1-2H3/t17-/m0/s1. The molecule has 1 aliphatic rings. The maximum Gasteiger partial charge on any atom is 0.178 e. The number of ketones is 1. The first-order valence-electron chi connectivity index (χ1n) is 9.33. The largest absolute Gasteiger partial charge is 0.392 e. The van der Waals surface area contributed by atoms with E-state index >= 15 is 0 Å². The summed E-state index contributed by atoms with van der Waals surface area (Å²) in [7, 11) is 1.88. The lowest BCUT2D eigenvalue weighted by Crippen LogP contribution is -2.37. The molecule has 6 heteroatoms. The number of aliphatic hydroxyl groups is 1. The van der Waals surface area contributed by atoms with Gasteiger partial charge in [-0.2, -0.15) is 5.10 Å². The second-order valence-corrected chi connectivity index (χ2v) is 7.40. The molecule has 0 spiro atoms. The lowest BCUT2D eigenvalue weighted by atomic mass is 10.00. The van der Waals surface area contributed by atoms with Crippen LogP contribution >= 0.6 is 0 Å². The Labute approximate surface area is 158 Å². The number of hydrogen-bond donors (Lipinski definition) is 1. The molecule has 1 atom stereocenters. The highest BCUT2D eigenvalue weighted by Gasteiger charge is 2.18. The smallest absolute Gasteiger partial charge is 0.178 e. The van der Waals surface area contributed by atoms with E-state index in [2.05, 4.69) is 33.2 Å². The van der Waals surface area contributed by atoms with Gasteiger partial charge < -0.3 is 5.11 Å². The minimum atomic E-state index is -0.237. The van der Waals surface area contributed by atoms with E-state index in [1.165, 1.54) is 0 Å². The Kier molecular flexibility index (Phi) is 4.76. The van der Waals surface area contributed by atoms with Crippen molar-refractivity contribution in [1.29, 1.82) is 0 Å². The van der Waals surface area contributed by atoms with Crippen LogP contribution in [0.3, 0.4) is 0 Å². The summed E-state index contributed by atoms with van der Waals surface area (Å²) in [6.45, 7) is 4.03. The number of hydrogen-bond acceptors (Lipinski definition) is 5. The van der Waals surface area contributed by atoms with Crippen LogP contribution in [0.2, 0.25) is 0 Å². The number of pyridine rings is 1. The first kappa shape index (κ1) is 17.8. The Hall–Kier alpha value is -2.57. The third-order valence-electron chi connectivity index (χ3n) is 5.14. The highest BCUT2D eigenvalue weighted by molar-refractivity contribution is 6.01. The molecule has 1 fully saturated rings. The summed E-state index contributed by atoms with van der Waals surface area (Å²) in [5.41, 5.74) is 4.36. The number of β-amino-alcohol motifs (C(OH)–C–C–N with tert-alkyl or cyclic N) is 1. The van der Waals surface area contributed by atoms with Crippen molar-refractivity contribution in [2.45, 2.75) is 32.4 Å². The Balaban J connectivity index is 1.75. The molecule has 6 nitrogen and oxygen atoms in total. The Bertz CT molecular complexity index is 995. The van der Waals surface area contributed by atoms with Crippen molar-refractivity contribution >= 4 is 16.7 Å². The number of benzene rings is 1. The molecule has 3 aromatic rings. The van der Waals surface area contributed by atoms with Crippen LogP contribution in [0.5, 0.6) is 0 Å². The maximum atomic E-state index is 12.0. The van der Waals surface area contributed by atoms with E-state index in [-0.39, 0.29) is 11.9 Å². The van der Waals surface area contributed by atoms with Gasteiger partial charge in [0.25, 0.3) is 0 Å². The monoisotopic (exact) mass is 364 g/mol. The number of piperidine rings is 1. The summed E-state index contributed by atoms with van der Waals surface area (Å²) < 4.78 is 1.76. The Morgan fingerprint density at radius 1 is 1.33 bits per heavy atom. The van der Waals surface area contributed by atoms with Crippen molar-refractivity contribution in [3.05, 3.63) is 47.9 Å². The van der Waals surface area contributed by atoms with Crippen molar-refractivity contribution in [2.24, 2.45) is 7.05 Å². The molecule has 0 radical (unpaired) electrons. The molecule has 140 valence electrons. The summed E-state index contributed by atoms with van der Waals surface area (Å²) >= 11 is 0. The van der Waals surface area contributed by atoms with Crippen LogP contribution in [0.4, 0.5) is 0 Å². The average molecular weight is 364 g/mol. The molecule has 3 heterocycles. The third kappa shape index (κ3) is 3.77. The number of aromatic nitrogens is 3. The van der Waals surface area contributed by atoms with Crippen molar-refractivity contribution in [2.75, 3.05) is 13.1 Å². The van der Waals surface area contributed by atoms with E-state index in [1.54, 1.807) is 11.6 Å². The van der Waals surface area contributed by atoms with Gasteiger partial charge in [0, 0.05) is 44.2 Å². The molecule has 0 bridgehead atoms. The number of nitrogens with zero attached hydrogens (tertiary/aromatic N) is 4. The normalized spacial score (nSPS) is 18.1. The number of aryl methyl sites for hydroxylation is 1. The van der Waals surface area contributed by atoms with E-state index in [0.29, 0.717) is 12.2 Å². The van der Waals surface area contributed by atoms with Gasteiger partial charge >= 0.3 is 0 Å². The molecular formula is C21H24N4O2. The van der Waals surface area contributed by atoms with Crippen molar-refractivity contribution in [3.63, 3.8) is 0 Å². The van der Waals surface area contributed by atoms with E-state index in [4.69, 9.17) is 0 Å². The van der Waals surface area contributed by atoms with Crippen LogP contribution < -0.4 is 0 Å². The Morgan fingerprint density at radius 3 is 2.89 bits per heavy atom. The zero-order chi connectivity index (χ0) is 19.0. The molecule has 1 aliphatic heterocycles. The van der Waals surface area contributed by atoms with Crippen molar-refractivity contribution < 1.29 is 9.90 Å². The van der Waals surface area contributed by atoms with Crippen LogP contribution in [0, 0.1) is 0 Å². The van der Waals surface area contributed by atoms with Crippen LogP contribution in [0.15, 0.2) is 36.7 Å². The molecular weight excluding hydrogens is 340 g/mol. The number of carbonyl (C=O) groups is 1. The number of likely N-dealkylation sites (tertiary alicyclic amines) is 1. The van der Waals surface area contributed by atoms with Gasteiger partial charge in [-0.05, 0) is 42.6 Å². The van der Waals surface area contributed by atoms with Crippen molar-refractivity contribution in [3.8, 4) is 11.1 Å². The molecule has 1 N–H and O–H groups in total. The van der Waals surface area contributed by atoms with Gasteiger partial charge in [0.2, 0.25) is 0 Å². The second kappa shape index (κ2) is 7.21. The van der Waals surface area contributed by atoms with Crippen molar-refractivity contribution in [1.82, 2.24) is 19.7 Å². The van der Waals surface area contributed by atoms with Crippen LogP contribution in [-0.4, -0.2) is 49.7 Å². The number of rotatable bonds is 4. The first-order valence-corrected chi connectivity index (χ1v) is 9.33. The predicted molar refractivity (Wildman–Crippen MR) is 104 cm³/mol. The number of fused-ring (bicyclic) bond motifs is 1. The minimum absolute atomic E-state index is 0.0494. The first-order chi connectivity index (χ1) is 13.0. The van der Waals surface area contributed by atoms with Crippen LogP contribution in [0.1, 0.15) is 35.8 Å². The summed E-state index contributed by atoms with van der Waals surface area (Å²) in [4.78, 5) is 18.9. The predicted octanol–water partition coefficient (Wildman–Crippen LogP) is 2.79. The van der Waals surface area contributed by atoms with Gasteiger partial charge in [-0.3, -0.25) is 14.4 Å². The molecule has 0 aliphatic carbocycles. The molecule has 2 aromatic heterocycles. The molecule has 1 saturated heterocycles. The third-order valence-corrected chi connectivity index (χ3v) is 5.14. The van der Waals surface area contributed by atoms with Gasteiger partial charge in [0.05, 0.1) is 17.8 Å². The molecule has 4 rings (SSSR count). The Morgan fingerprint density at radius 2 is 2.19 bits per heavy atom. The highest BCUT2D eigenvalue weighted by atomic mass is 16.3. The maximum absolute atomic E-state index is 12.0. The number of Topliss-reactive ketones (excluding diaryl/α,β-unsaturated/α-hetero) is 1. The highest BCUT2D eigenvalue weighted by Crippen LogP contribution is 2.29. The van der Waals surface area contributed by atoms with E-state index in [9.17, 15) is 9.90 Å². The van der Waals surface area contributed by atoms with Gasteiger partial charge in [-0.25, -0.2) is 4.98 Å². The average Bonchev–Trinajstić information content (AvgIpc) is 3.06. The lowest BCUT2D eigenvalue weighted by Gasteiger charge is -2.30.